The summed E-state index contributed by atoms with van der Waals surface area (Å²) in [5.41, 5.74) is 3.07. The van der Waals surface area contributed by atoms with E-state index in [0.29, 0.717) is 13.0 Å². The highest BCUT2D eigenvalue weighted by Gasteiger charge is 2.25. The summed E-state index contributed by atoms with van der Waals surface area (Å²) in [6.45, 7) is 0.549. The van der Waals surface area contributed by atoms with Crippen molar-refractivity contribution in [3.8, 4) is 11.3 Å². The van der Waals surface area contributed by atoms with E-state index in [1.165, 1.54) is 4.88 Å². The van der Waals surface area contributed by atoms with Crippen LogP contribution in [0, 0.1) is 0 Å². The molecule has 0 N–H and O–H groups in total. The molecule has 5 rings (SSSR count). The number of carbonyl (C=O) groups excluding carboxylic acids is 1. The van der Waals surface area contributed by atoms with Crippen LogP contribution < -0.4 is 4.90 Å². The van der Waals surface area contributed by atoms with Gasteiger partial charge in [-0.25, -0.2) is 4.98 Å². The normalized spacial score (nSPS) is 12.8. The van der Waals surface area contributed by atoms with Crippen molar-refractivity contribution in [2.75, 3.05) is 11.9 Å². The first-order chi connectivity index (χ1) is 13.2. The SMILES string of the molecule is CN(C(=O)CCn1ncc2ccccc21)c1nc2c(s1)CCc1occc1-2. The van der Waals surface area contributed by atoms with Gasteiger partial charge < -0.3 is 4.42 Å². The van der Waals surface area contributed by atoms with Crippen LogP contribution in [0.5, 0.6) is 0 Å². The van der Waals surface area contributed by atoms with E-state index in [-0.39, 0.29) is 5.91 Å². The highest BCUT2D eigenvalue weighted by atomic mass is 32.1. The maximum absolute atomic E-state index is 12.7. The monoisotopic (exact) mass is 378 g/mol. The minimum atomic E-state index is 0.0353. The molecule has 0 bridgehead atoms. The molecule has 1 aliphatic rings. The number of para-hydroxylation sites is 1. The minimum absolute atomic E-state index is 0.0353. The van der Waals surface area contributed by atoms with Gasteiger partial charge in [-0.3, -0.25) is 14.4 Å². The number of carbonyl (C=O) groups is 1. The van der Waals surface area contributed by atoms with E-state index < -0.39 is 0 Å². The van der Waals surface area contributed by atoms with Gasteiger partial charge >= 0.3 is 0 Å². The van der Waals surface area contributed by atoms with Crippen LogP contribution in [0.25, 0.3) is 22.2 Å². The third kappa shape index (κ3) is 2.75. The Balaban J connectivity index is 1.33. The molecule has 0 spiro atoms. The lowest BCUT2D eigenvalue weighted by Crippen LogP contribution is -2.27. The fourth-order valence-corrected chi connectivity index (χ4v) is 4.57. The highest BCUT2D eigenvalue weighted by molar-refractivity contribution is 7.16. The molecule has 0 unspecified atom stereocenters. The molecule has 0 aliphatic heterocycles. The average Bonchev–Trinajstić information content (AvgIpc) is 3.41. The molecular weight excluding hydrogens is 360 g/mol. The van der Waals surface area contributed by atoms with Crippen LogP contribution in [0.1, 0.15) is 17.1 Å². The number of thiazole rings is 1. The number of aromatic nitrogens is 3. The van der Waals surface area contributed by atoms with Gasteiger partial charge in [0.15, 0.2) is 5.13 Å². The van der Waals surface area contributed by atoms with Crippen molar-refractivity contribution in [3.05, 3.63) is 53.4 Å². The Kier molecular flexibility index (Phi) is 3.82. The second kappa shape index (κ2) is 6.35. The molecular formula is C20H18N4O2S. The van der Waals surface area contributed by atoms with E-state index in [2.05, 4.69) is 5.10 Å². The molecule has 0 fully saturated rings. The Morgan fingerprint density at radius 3 is 3.11 bits per heavy atom. The van der Waals surface area contributed by atoms with Gasteiger partial charge in [0.1, 0.15) is 5.76 Å². The predicted molar refractivity (Wildman–Crippen MR) is 105 cm³/mol. The number of rotatable bonds is 4. The number of nitrogens with zero attached hydrogens (tertiary/aromatic N) is 4. The lowest BCUT2D eigenvalue weighted by molar-refractivity contribution is -0.118. The summed E-state index contributed by atoms with van der Waals surface area (Å²) in [7, 11) is 1.80. The van der Waals surface area contributed by atoms with Crippen molar-refractivity contribution in [3.63, 3.8) is 0 Å². The lowest BCUT2D eigenvalue weighted by atomic mass is 10.0. The van der Waals surface area contributed by atoms with Crippen molar-refractivity contribution in [2.45, 2.75) is 25.8 Å². The molecule has 4 aromatic rings. The van der Waals surface area contributed by atoms with Gasteiger partial charge in [0.05, 0.1) is 30.2 Å². The molecule has 0 radical (unpaired) electrons. The van der Waals surface area contributed by atoms with Gasteiger partial charge in [-0.2, -0.15) is 5.10 Å². The number of hydrogen-bond donors (Lipinski definition) is 0. The van der Waals surface area contributed by atoms with E-state index in [0.717, 1.165) is 45.9 Å². The third-order valence-electron chi connectivity index (χ3n) is 5.02. The van der Waals surface area contributed by atoms with E-state index in [9.17, 15) is 4.79 Å². The Labute approximate surface area is 160 Å². The van der Waals surface area contributed by atoms with Crippen LogP contribution in [-0.2, 0) is 24.2 Å². The first-order valence-corrected chi connectivity index (χ1v) is 9.76. The molecule has 0 saturated carbocycles. The Morgan fingerprint density at radius 1 is 1.30 bits per heavy atom. The number of furan rings is 1. The maximum Gasteiger partial charge on any atom is 0.230 e. The number of hydrogen-bond acceptors (Lipinski definition) is 5. The summed E-state index contributed by atoms with van der Waals surface area (Å²) in [4.78, 5) is 20.3. The zero-order valence-electron chi connectivity index (χ0n) is 14.9. The largest absolute Gasteiger partial charge is 0.469 e. The average molecular weight is 378 g/mol. The standard InChI is InChI=1S/C20H18N4O2S/c1-23(18(25)8-10-24-15-5-3-2-4-13(15)12-21-24)20-22-19-14-9-11-26-16(14)6-7-17(19)27-20/h2-5,9,11-12H,6-8,10H2,1H3. The molecule has 27 heavy (non-hydrogen) atoms. The van der Waals surface area contributed by atoms with Gasteiger partial charge in [0.2, 0.25) is 5.91 Å². The number of fused-ring (bicyclic) bond motifs is 4. The number of aryl methyl sites for hydroxylation is 3. The summed E-state index contributed by atoms with van der Waals surface area (Å²) in [5.74, 6) is 1.02. The van der Waals surface area contributed by atoms with Gasteiger partial charge in [0, 0.05) is 35.7 Å². The summed E-state index contributed by atoms with van der Waals surface area (Å²) < 4.78 is 7.40. The van der Waals surface area contributed by atoms with Gasteiger partial charge in [-0.05, 0) is 18.6 Å². The lowest BCUT2D eigenvalue weighted by Gasteiger charge is -2.13. The minimum Gasteiger partial charge on any atom is -0.469 e. The molecule has 1 aliphatic carbocycles. The van der Waals surface area contributed by atoms with Crippen molar-refractivity contribution in [1.29, 1.82) is 0 Å². The van der Waals surface area contributed by atoms with Crippen molar-refractivity contribution in [1.82, 2.24) is 14.8 Å². The maximum atomic E-state index is 12.7. The molecule has 3 aromatic heterocycles. The van der Waals surface area contributed by atoms with Crippen LogP contribution in [-0.4, -0.2) is 27.7 Å². The quantitative estimate of drug-likeness (QED) is 0.540. The molecule has 0 saturated heterocycles. The van der Waals surface area contributed by atoms with Gasteiger partial charge in [0.25, 0.3) is 0 Å². The Bertz CT molecular complexity index is 1140. The second-order valence-electron chi connectivity index (χ2n) is 6.65. The predicted octanol–water partition coefficient (Wildman–Crippen LogP) is 3.90. The van der Waals surface area contributed by atoms with Gasteiger partial charge in [-0.1, -0.05) is 18.2 Å². The summed E-state index contributed by atoms with van der Waals surface area (Å²) in [5, 5.41) is 6.22. The van der Waals surface area contributed by atoms with Crippen molar-refractivity contribution in [2.24, 2.45) is 0 Å². The molecule has 1 aromatic carbocycles. The number of amides is 1. The van der Waals surface area contributed by atoms with Crippen LogP contribution >= 0.6 is 11.3 Å². The van der Waals surface area contributed by atoms with Crippen LogP contribution in [0.2, 0.25) is 0 Å². The Hall–Kier alpha value is -2.93. The third-order valence-corrected chi connectivity index (χ3v) is 6.21. The molecule has 7 heteroatoms. The smallest absolute Gasteiger partial charge is 0.230 e. The fourth-order valence-electron chi connectivity index (χ4n) is 3.51. The van der Waals surface area contributed by atoms with E-state index in [4.69, 9.17) is 9.40 Å². The molecule has 0 atom stereocenters. The molecule has 3 heterocycles. The second-order valence-corrected chi connectivity index (χ2v) is 7.72. The Morgan fingerprint density at radius 2 is 2.19 bits per heavy atom. The molecule has 1 amide bonds. The first-order valence-electron chi connectivity index (χ1n) is 8.94. The fraction of sp³-hybridized carbons (Fsp3) is 0.250. The van der Waals surface area contributed by atoms with Crippen LogP contribution in [0.15, 0.2) is 47.2 Å². The van der Waals surface area contributed by atoms with E-state index in [1.54, 1.807) is 29.5 Å². The van der Waals surface area contributed by atoms with Crippen LogP contribution in [0.3, 0.4) is 0 Å². The summed E-state index contributed by atoms with van der Waals surface area (Å²) >= 11 is 1.59. The van der Waals surface area contributed by atoms with Gasteiger partial charge in [-0.15, -0.1) is 11.3 Å². The number of benzene rings is 1. The van der Waals surface area contributed by atoms with Crippen molar-refractivity contribution < 1.29 is 9.21 Å². The van der Waals surface area contributed by atoms with E-state index >= 15 is 0 Å². The zero-order valence-corrected chi connectivity index (χ0v) is 15.7. The summed E-state index contributed by atoms with van der Waals surface area (Å²) in [6.07, 6.45) is 5.72. The highest BCUT2D eigenvalue weighted by Crippen LogP contribution is 2.39. The first kappa shape index (κ1) is 16.3. The number of anilines is 1. The van der Waals surface area contributed by atoms with Crippen molar-refractivity contribution >= 4 is 33.3 Å². The van der Waals surface area contributed by atoms with Crippen LogP contribution in [0.4, 0.5) is 5.13 Å². The zero-order chi connectivity index (χ0) is 18.4. The molecule has 6 nitrogen and oxygen atoms in total. The summed E-state index contributed by atoms with van der Waals surface area (Å²) in [6, 6.07) is 9.98. The topological polar surface area (TPSA) is 64.2 Å². The molecule has 136 valence electrons. The van der Waals surface area contributed by atoms with E-state index in [1.807, 2.05) is 41.2 Å².